The Hall–Kier alpha value is -3.55. The van der Waals surface area contributed by atoms with E-state index in [1.807, 2.05) is 91.8 Å². The summed E-state index contributed by atoms with van der Waals surface area (Å²) in [4.78, 5) is 10.5. The molecule has 0 aliphatic heterocycles. The molecule has 0 aliphatic carbocycles. The lowest BCUT2D eigenvalue weighted by Crippen LogP contribution is -2.36. The number of nitrogens with zero attached hydrogens (tertiary/aromatic N) is 3. The minimum absolute atomic E-state index is 0.00239. The third-order valence-electron chi connectivity index (χ3n) is 7.29. The topological polar surface area (TPSA) is 28.0 Å². The van der Waals surface area contributed by atoms with Gasteiger partial charge in [0, 0.05) is 0 Å². The second-order valence-corrected chi connectivity index (χ2v) is 11.8. The molecule has 226 valence electrons. The molecule has 42 heavy (non-hydrogen) atoms. The van der Waals surface area contributed by atoms with Crippen LogP contribution in [0.2, 0.25) is 0 Å². The predicted molar refractivity (Wildman–Crippen MR) is 163 cm³/mol. The lowest BCUT2D eigenvalue weighted by Gasteiger charge is -2.27. The zero-order chi connectivity index (χ0) is 31.6. The second-order valence-electron chi connectivity index (χ2n) is 11.8. The number of benzene rings is 3. The van der Waals surface area contributed by atoms with Gasteiger partial charge in [-0.25, -0.2) is 31.9 Å². The highest BCUT2D eigenvalue weighted by Gasteiger charge is 2.32. The molecule has 0 aromatic heterocycles. The fourth-order valence-corrected chi connectivity index (χ4v) is 5.05. The summed E-state index contributed by atoms with van der Waals surface area (Å²) in [7, 11) is 0. The molecule has 0 bridgehead atoms. The maximum Gasteiger partial charge on any atom is 0.200 e. The van der Waals surface area contributed by atoms with Crippen molar-refractivity contribution in [1.82, 2.24) is 0 Å². The summed E-state index contributed by atoms with van der Waals surface area (Å²) in [6.45, 7) is 19.0. The predicted octanol–water partition coefficient (Wildman–Crippen LogP) is 11.2. The third kappa shape index (κ3) is 6.42. The number of amidine groups is 2. The van der Waals surface area contributed by atoms with Crippen LogP contribution in [0.5, 0.6) is 0 Å². The molecule has 0 fully saturated rings. The molecular formula is C34H40F5N3. The lowest BCUT2D eigenvalue weighted by atomic mass is 9.93. The molecule has 0 N–H and O–H groups in total. The van der Waals surface area contributed by atoms with Crippen molar-refractivity contribution in [1.29, 1.82) is 0 Å². The number of para-hydroxylation sites is 2. The Morgan fingerprint density at radius 1 is 0.500 bits per heavy atom. The van der Waals surface area contributed by atoms with Gasteiger partial charge in [0.2, 0.25) is 5.82 Å². The molecule has 0 atom stereocenters. The Bertz CT molecular complexity index is 1360. The largest absolute Gasteiger partial charge is 0.281 e. The van der Waals surface area contributed by atoms with Crippen molar-refractivity contribution in [3.8, 4) is 0 Å². The van der Waals surface area contributed by atoms with E-state index < -0.39 is 34.8 Å². The highest BCUT2D eigenvalue weighted by Crippen LogP contribution is 2.38. The van der Waals surface area contributed by atoms with E-state index in [4.69, 9.17) is 9.98 Å². The van der Waals surface area contributed by atoms with Crippen LogP contribution in [0.3, 0.4) is 0 Å². The molecule has 0 amide bonds. The Morgan fingerprint density at radius 3 is 1.02 bits per heavy atom. The Labute approximate surface area is 246 Å². The normalized spacial score (nSPS) is 12.8. The van der Waals surface area contributed by atoms with Crippen LogP contribution in [0, 0.1) is 29.1 Å². The van der Waals surface area contributed by atoms with Gasteiger partial charge in [-0.1, -0.05) is 91.8 Å². The van der Waals surface area contributed by atoms with Crippen LogP contribution in [-0.2, 0) is 0 Å². The summed E-state index contributed by atoms with van der Waals surface area (Å²) in [5, 5.41) is 0. The van der Waals surface area contributed by atoms with Crippen molar-refractivity contribution in [3.05, 3.63) is 87.7 Å². The van der Waals surface area contributed by atoms with Crippen molar-refractivity contribution in [2.75, 3.05) is 4.90 Å². The molecule has 3 aromatic carbocycles. The first-order valence-corrected chi connectivity index (χ1v) is 14.3. The molecule has 3 nitrogen and oxygen atoms in total. The highest BCUT2D eigenvalue weighted by molar-refractivity contribution is 6.19. The monoisotopic (exact) mass is 585 g/mol. The first-order valence-electron chi connectivity index (χ1n) is 14.3. The van der Waals surface area contributed by atoms with Gasteiger partial charge < -0.3 is 0 Å². The highest BCUT2D eigenvalue weighted by atomic mass is 19.2. The number of hydrogen-bond donors (Lipinski definition) is 0. The van der Waals surface area contributed by atoms with E-state index in [1.165, 1.54) is 13.8 Å². The van der Waals surface area contributed by atoms with Crippen molar-refractivity contribution >= 4 is 28.7 Å². The molecule has 0 aliphatic rings. The van der Waals surface area contributed by atoms with Crippen molar-refractivity contribution in [2.45, 2.75) is 92.9 Å². The smallest absolute Gasteiger partial charge is 0.200 e. The summed E-state index contributed by atoms with van der Waals surface area (Å²) in [5.74, 6) is -9.99. The van der Waals surface area contributed by atoms with Gasteiger partial charge in [-0.05, 0) is 59.8 Å². The summed E-state index contributed by atoms with van der Waals surface area (Å²) >= 11 is 0. The minimum atomic E-state index is -2.22. The van der Waals surface area contributed by atoms with Crippen LogP contribution < -0.4 is 4.90 Å². The van der Waals surface area contributed by atoms with Gasteiger partial charge in [0.1, 0.15) is 17.4 Å². The van der Waals surface area contributed by atoms with Crippen molar-refractivity contribution in [3.63, 3.8) is 0 Å². The number of rotatable bonds is 7. The number of hydrogen-bond acceptors (Lipinski definition) is 2. The van der Waals surface area contributed by atoms with E-state index in [2.05, 4.69) is 0 Å². The summed E-state index contributed by atoms with van der Waals surface area (Å²) in [5.41, 5.74) is 3.60. The van der Waals surface area contributed by atoms with Gasteiger partial charge in [-0.3, -0.25) is 4.90 Å². The first-order chi connectivity index (χ1) is 19.6. The third-order valence-corrected chi connectivity index (χ3v) is 7.29. The van der Waals surface area contributed by atoms with Crippen LogP contribution in [0.15, 0.2) is 46.4 Å². The van der Waals surface area contributed by atoms with Gasteiger partial charge in [-0.2, -0.15) is 0 Å². The number of anilines is 1. The van der Waals surface area contributed by atoms with Gasteiger partial charge >= 0.3 is 0 Å². The Balaban J connectivity index is 2.46. The molecule has 0 spiro atoms. The SMILES string of the molecule is CC(=Nc1c(C(C)C)cccc1C(C)C)N(C(C)=Nc1c(C(C)C)cccc1C(C)C)c1c(F)c(F)c(F)c(F)c1F. The minimum Gasteiger partial charge on any atom is -0.281 e. The zero-order valence-electron chi connectivity index (χ0n) is 26.0. The molecule has 8 heteroatoms. The lowest BCUT2D eigenvalue weighted by molar-refractivity contribution is 0.381. The zero-order valence-corrected chi connectivity index (χ0v) is 26.0. The average Bonchev–Trinajstić information content (AvgIpc) is 2.92. The van der Waals surface area contributed by atoms with Crippen LogP contribution in [0.25, 0.3) is 0 Å². The fourth-order valence-electron chi connectivity index (χ4n) is 5.05. The summed E-state index contributed by atoms with van der Waals surface area (Å²) in [6, 6.07) is 11.5. The summed E-state index contributed by atoms with van der Waals surface area (Å²) in [6.07, 6.45) is 0. The quantitative estimate of drug-likeness (QED) is 0.0891. The molecule has 0 radical (unpaired) electrons. The first kappa shape index (κ1) is 33.0. The van der Waals surface area contributed by atoms with E-state index in [9.17, 15) is 13.2 Å². The van der Waals surface area contributed by atoms with E-state index in [-0.39, 0.29) is 35.3 Å². The molecule has 0 unspecified atom stereocenters. The molecule has 3 aromatic rings. The van der Waals surface area contributed by atoms with Gasteiger partial charge in [-0.15, -0.1) is 0 Å². The number of halogens is 5. The fraction of sp³-hybridized carbons (Fsp3) is 0.412. The van der Waals surface area contributed by atoms with E-state index in [1.54, 1.807) is 0 Å². The van der Waals surface area contributed by atoms with Crippen molar-refractivity contribution < 1.29 is 22.0 Å². The summed E-state index contributed by atoms with van der Waals surface area (Å²) < 4.78 is 74.0. The van der Waals surface area contributed by atoms with Crippen LogP contribution in [-0.4, -0.2) is 11.7 Å². The molecule has 0 saturated heterocycles. The van der Waals surface area contributed by atoms with Crippen LogP contribution in [0.4, 0.5) is 39.0 Å². The Kier molecular flexibility index (Phi) is 10.3. The van der Waals surface area contributed by atoms with Gasteiger partial charge in [0.25, 0.3) is 0 Å². The van der Waals surface area contributed by atoms with Crippen molar-refractivity contribution in [2.24, 2.45) is 9.98 Å². The molecule has 0 heterocycles. The molecular weight excluding hydrogens is 545 g/mol. The maximum absolute atomic E-state index is 15.4. The van der Waals surface area contributed by atoms with E-state index in [0.717, 1.165) is 27.2 Å². The van der Waals surface area contributed by atoms with E-state index >= 15 is 8.78 Å². The van der Waals surface area contributed by atoms with Crippen LogP contribution in [0.1, 0.15) is 115 Å². The number of aliphatic imine (C=N–C) groups is 2. The van der Waals surface area contributed by atoms with Gasteiger partial charge in [0.05, 0.1) is 11.4 Å². The van der Waals surface area contributed by atoms with E-state index in [0.29, 0.717) is 11.4 Å². The molecule has 0 saturated carbocycles. The molecule has 3 rings (SSSR count). The second kappa shape index (κ2) is 13.2. The maximum atomic E-state index is 15.4. The van der Waals surface area contributed by atoms with Crippen LogP contribution >= 0.6 is 0 Å². The van der Waals surface area contributed by atoms with Gasteiger partial charge in [0.15, 0.2) is 23.3 Å². The Morgan fingerprint density at radius 2 is 0.762 bits per heavy atom. The average molecular weight is 586 g/mol. The standard InChI is InChI=1S/C34H40F5N3/c1-17(2)23-13-11-14-24(18(3)4)32(23)40-21(9)42(34-30(38)28(36)27(35)29(37)31(34)39)22(10)41-33-25(19(5)6)15-12-16-26(33)20(7)8/h11-20H,1-10H3.